The van der Waals surface area contributed by atoms with Gasteiger partial charge in [0.15, 0.2) is 0 Å². The molecule has 0 saturated carbocycles. The molecule has 0 amide bonds. The molecule has 0 bridgehead atoms. The smallest absolute Gasteiger partial charge is 0.131 e. The minimum atomic E-state index is -0.226. The minimum Gasteiger partial charge on any atom is -0.396 e. The summed E-state index contributed by atoms with van der Waals surface area (Å²) in [4.78, 5) is 0. The lowest BCUT2D eigenvalue weighted by atomic mass is 9.98. The average molecular weight is 292 g/mol. The highest BCUT2D eigenvalue weighted by atomic mass is 19.1. The Balaban J connectivity index is 1.92. The van der Waals surface area contributed by atoms with Gasteiger partial charge in [-0.05, 0) is 34.7 Å². The highest BCUT2D eigenvalue weighted by Gasteiger charge is 2.07. The van der Waals surface area contributed by atoms with Crippen molar-refractivity contribution in [3.8, 4) is 22.3 Å². The molecule has 2 heteroatoms. The van der Waals surface area contributed by atoms with Crippen molar-refractivity contribution in [1.82, 2.24) is 0 Å². The van der Waals surface area contributed by atoms with Crippen molar-refractivity contribution in [3.63, 3.8) is 0 Å². The SMILES string of the molecule is OCCc1ccc(-c2ccc(-c3ccccc3)cc2F)cc1. The molecule has 0 heterocycles. The van der Waals surface area contributed by atoms with Gasteiger partial charge in [0.2, 0.25) is 0 Å². The van der Waals surface area contributed by atoms with Crippen LogP contribution in [0, 0.1) is 5.82 Å². The summed E-state index contributed by atoms with van der Waals surface area (Å²) in [6.45, 7) is 0.124. The van der Waals surface area contributed by atoms with Gasteiger partial charge in [-0.3, -0.25) is 0 Å². The number of halogens is 1. The van der Waals surface area contributed by atoms with Crippen LogP contribution in [0.2, 0.25) is 0 Å². The number of benzene rings is 3. The Morgan fingerprint density at radius 3 is 2.05 bits per heavy atom. The fourth-order valence-corrected chi connectivity index (χ4v) is 2.54. The molecule has 0 spiro atoms. The summed E-state index contributed by atoms with van der Waals surface area (Å²) < 4.78 is 14.4. The van der Waals surface area contributed by atoms with Crippen LogP contribution in [-0.4, -0.2) is 11.7 Å². The van der Waals surface area contributed by atoms with Crippen LogP contribution in [-0.2, 0) is 6.42 Å². The van der Waals surface area contributed by atoms with E-state index in [-0.39, 0.29) is 12.4 Å². The molecule has 0 aliphatic carbocycles. The molecule has 3 aromatic carbocycles. The number of aliphatic hydroxyl groups excluding tert-OH is 1. The highest BCUT2D eigenvalue weighted by Crippen LogP contribution is 2.28. The molecule has 0 fully saturated rings. The Kier molecular flexibility index (Phi) is 4.31. The highest BCUT2D eigenvalue weighted by molar-refractivity contribution is 5.71. The van der Waals surface area contributed by atoms with Crippen molar-refractivity contribution in [2.24, 2.45) is 0 Å². The Labute approximate surface area is 129 Å². The maximum atomic E-state index is 14.4. The first-order valence-corrected chi connectivity index (χ1v) is 7.33. The van der Waals surface area contributed by atoms with E-state index < -0.39 is 0 Å². The lowest BCUT2D eigenvalue weighted by Crippen LogP contribution is -1.91. The first-order valence-electron chi connectivity index (χ1n) is 7.33. The zero-order valence-corrected chi connectivity index (χ0v) is 12.2. The topological polar surface area (TPSA) is 20.2 Å². The number of hydrogen-bond acceptors (Lipinski definition) is 1. The normalized spacial score (nSPS) is 10.6. The fraction of sp³-hybridized carbons (Fsp3) is 0.100. The molecule has 22 heavy (non-hydrogen) atoms. The number of rotatable bonds is 4. The third-order valence-corrected chi connectivity index (χ3v) is 3.74. The summed E-state index contributed by atoms with van der Waals surface area (Å²) in [6.07, 6.45) is 0.621. The third kappa shape index (κ3) is 3.07. The van der Waals surface area contributed by atoms with Crippen molar-refractivity contribution in [3.05, 3.63) is 84.2 Å². The monoisotopic (exact) mass is 292 g/mol. The second-order valence-corrected chi connectivity index (χ2v) is 5.23. The van der Waals surface area contributed by atoms with Crippen LogP contribution >= 0.6 is 0 Å². The molecule has 0 atom stereocenters. The van der Waals surface area contributed by atoms with Crippen molar-refractivity contribution in [2.45, 2.75) is 6.42 Å². The first kappa shape index (κ1) is 14.5. The molecule has 1 N–H and O–H groups in total. The molecular formula is C20H17FO. The predicted octanol–water partition coefficient (Wildman–Crippen LogP) is 4.69. The van der Waals surface area contributed by atoms with E-state index >= 15 is 0 Å². The van der Waals surface area contributed by atoms with E-state index in [2.05, 4.69) is 0 Å². The second-order valence-electron chi connectivity index (χ2n) is 5.23. The molecule has 0 saturated heterocycles. The lowest BCUT2D eigenvalue weighted by Gasteiger charge is -2.08. The second kappa shape index (κ2) is 6.54. The molecule has 3 aromatic rings. The molecule has 0 aliphatic rings. The van der Waals surface area contributed by atoms with Gasteiger partial charge in [-0.1, -0.05) is 66.7 Å². The summed E-state index contributed by atoms with van der Waals surface area (Å²) >= 11 is 0. The lowest BCUT2D eigenvalue weighted by molar-refractivity contribution is 0.299. The maximum Gasteiger partial charge on any atom is 0.131 e. The predicted molar refractivity (Wildman–Crippen MR) is 88.1 cm³/mol. The standard InChI is InChI=1S/C20H17FO/c21-20-14-18(16-4-2-1-3-5-16)10-11-19(20)17-8-6-15(7-9-17)12-13-22/h1-11,14,22H,12-13H2. The Morgan fingerprint density at radius 1 is 0.727 bits per heavy atom. The minimum absolute atomic E-state index is 0.124. The molecule has 0 aliphatic heterocycles. The molecule has 1 nitrogen and oxygen atoms in total. The molecule has 110 valence electrons. The fourth-order valence-electron chi connectivity index (χ4n) is 2.54. The zero-order valence-electron chi connectivity index (χ0n) is 12.2. The van der Waals surface area contributed by atoms with Gasteiger partial charge >= 0.3 is 0 Å². The van der Waals surface area contributed by atoms with Gasteiger partial charge in [0, 0.05) is 12.2 Å². The largest absolute Gasteiger partial charge is 0.396 e. The van der Waals surface area contributed by atoms with E-state index in [1.54, 1.807) is 6.07 Å². The molecule has 0 aromatic heterocycles. The van der Waals surface area contributed by atoms with Crippen LogP contribution in [0.25, 0.3) is 22.3 Å². The van der Waals surface area contributed by atoms with Crippen molar-refractivity contribution >= 4 is 0 Å². The van der Waals surface area contributed by atoms with Gasteiger partial charge in [-0.25, -0.2) is 4.39 Å². The third-order valence-electron chi connectivity index (χ3n) is 3.74. The van der Waals surface area contributed by atoms with Crippen LogP contribution in [0.4, 0.5) is 4.39 Å². The molecule has 0 unspecified atom stereocenters. The number of aliphatic hydroxyl groups is 1. The van der Waals surface area contributed by atoms with E-state index in [1.165, 1.54) is 0 Å². The van der Waals surface area contributed by atoms with Gasteiger partial charge in [-0.15, -0.1) is 0 Å². The van der Waals surface area contributed by atoms with Crippen LogP contribution in [0.15, 0.2) is 72.8 Å². The summed E-state index contributed by atoms with van der Waals surface area (Å²) in [5.74, 6) is -0.226. The molecular weight excluding hydrogens is 275 g/mol. The van der Waals surface area contributed by atoms with E-state index in [1.807, 2.05) is 66.7 Å². The van der Waals surface area contributed by atoms with Crippen LogP contribution in [0.3, 0.4) is 0 Å². The summed E-state index contributed by atoms with van der Waals surface area (Å²) in [6, 6.07) is 22.8. The Hall–Kier alpha value is -2.45. The summed E-state index contributed by atoms with van der Waals surface area (Å²) in [5, 5.41) is 8.93. The van der Waals surface area contributed by atoms with Gasteiger partial charge < -0.3 is 5.11 Å². The van der Waals surface area contributed by atoms with Crippen LogP contribution < -0.4 is 0 Å². The van der Waals surface area contributed by atoms with Crippen LogP contribution in [0.5, 0.6) is 0 Å². The van der Waals surface area contributed by atoms with Crippen molar-refractivity contribution < 1.29 is 9.50 Å². The summed E-state index contributed by atoms with van der Waals surface area (Å²) in [5.41, 5.74) is 4.37. The molecule has 3 rings (SSSR count). The van der Waals surface area contributed by atoms with E-state index in [0.717, 1.165) is 22.3 Å². The van der Waals surface area contributed by atoms with Gasteiger partial charge in [0.1, 0.15) is 5.82 Å². The summed E-state index contributed by atoms with van der Waals surface area (Å²) in [7, 11) is 0. The molecule has 0 radical (unpaired) electrons. The maximum absolute atomic E-state index is 14.4. The zero-order chi connectivity index (χ0) is 15.4. The van der Waals surface area contributed by atoms with Gasteiger partial charge in [-0.2, -0.15) is 0 Å². The van der Waals surface area contributed by atoms with Crippen molar-refractivity contribution in [1.29, 1.82) is 0 Å². The van der Waals surface area contributed by atoms with Crippen LogP contribution in [0.1, 0.15) is 5.56 Å². The van der Waals surface area contributed by atoms with E-state index in [4.69, 9.17) is 5.11 Å². The van der Waals surface area contributed by atoms with Gasteiger partial charge in [0.05, 0.1) is 0 Å². The Morgan fingerprint density at radius 2 is 1.41 bits per heavy atom. The Bertz CT molecular complexity index is 748. The van der Waals surface area contributed by atoms with Gasteiger partial charge in [0.25, 0.3) is 0 Å². The van der Waals surface area contributed by atoms with E-state index in [0.29, 0.717) is 12.0 Å². The first-order chi connectivity index (χ1) is 10.8. The average Bonchev–Trinajstić information content (AvgIpc) is 2.57. The number of hydrogen-bond donors (Lipinski definition) is 1. The van der Waals surface area contributed by atoms with Crippen molar-refractivity contribution in [2.75, 3.05) is 6.61 Å². The van der Waals surface area contributed by atoms with E-state index in [9.17, 15) is 4.39 Å². The quantitative estimate of drug-likeness (QED) is 0.739.